The van der Waals surface area contributed by atoms with Gasteiger partial charge in [0.15, 0.2) is 5.69 Å². The topological polar surface area (TPSA) is 89.1 Å². The highest BCUT2D eigenvalue weighted by molar-refractivity contribution is 5.91. The van der Waals surface area contributed by atoms with Gasteiger partial charge in [0.25, 0.3) is 5.91 Å². The van der Waals surface area contributed by atoms with Gasteiger partial charge in [0.1, 0.15) is 0 Å². The van der Waals surface area contributed by atoms with Crippen LogP contribution in [0.4, 0.5) is 0 Å². The van der Waals surface area contributed by atoms with E-state index in [9.17, 15) is 4.79 Å². The lowest BCUT2D eigenvalue weighted by Crippen LogP contribution is -2.44. The van der Waals surface area contributed by atoms with Crippen molar-refractivity contribution in [1.29, 1.82) is 0 Å². The fourth-order valence-electron chi connectivity index (χ4n) is 2.35. The maximum absolute atomic E-state index is 11.9. The highest BCUT2D eigenvalue weighted by atomic mass is 16.2. The van der Waals surface area contributed by atoms with E-state index < -0.39 is 0 Å². The maximum atomic E-state index is 11.9. The fourth-order valence-corrected chi connectivity index (χ4v) is 2.35. The Morgan fingerprint density at radius 3 is 3.16 bits per heavy atom. The van der Waals surface area contributed by atoms with Crippen LogP contribution in [-0.2, 0) is 6.54 Å². The number of likely N-dealkylation sites (tertiary alicyclic amines) is 1. The molecule has 1 unspecified atom stereocenters. The first-order chi connectivity index (χ1) is 9.20. The van der Waals surface area contributed by atoms with Gasteiger partial charge in [0.05, 0.1) is 12.7 Å². The van der Waals surface area contributed by atoms with Crippen molar-refractivity contribution >= 4 is 5.91 Å². The lowest BCUT2D eigenvalue weighted by atomic mass is 10.0. The number of rotatable bonds is 5. The first kappa shape index (κ1) is 14.0. The van der Waals surface area contributed by atoms with Crippen molar-refractivity contribution in [3.8, 4) is 0 Å². The molecule has 1 amide bonds. The Morgan fingerprint density at radius 1 is 1.58 bits per heavy atom. The van der Waals surface area contributed by atoms with Gasteiger partial charge >= 0.3 is 0 Å². The molecule has 1 fully saturated rings. The first-order valence-corrected chi connectivity index (χ1v) is 6.79. The SMILES string of the molecule is CN1CCCCC1CNC(=O)c1cn(CCN)nn1. The molecule has 19 heavy (non-hydrogen) atoms. The summed E-state index contributed by atoms with van der Waals surface area (Å²) in [4.78, 5) is 14.2. The van der Waals surface area contributed by atoms with Gasteiger partial charge in [0.2, 0.25) is 0 Å². The summed E-state index contributed by atoms with van der Waals surface area (Å²) in [7, 11) is 2.10. The molecular weight excluding hydrogens is 244 g/mol. The molecule has 106 valence electrons. The Kier molecular flexibility index (Phi) is 4.86. The summed E-state index contributed by atoms with van der Waals surface area (Å²) in [5.41, 5.74) is 5.78. The molecule has 0 saturated carbocycles. The molecule has 2 rings (SSSR count). The molecule has 1 saturated heterocycles. The van der Waals surface area contributed by atoms with Crippen LogP contribution in [0.15, 0.2) is 6.20 Å². The molecule has 7 nitrogen and oxygen atoms in total. The van der Waals surface area contributed by atoms with Crippen molar-refractivity contribution in [3.63, 3.8) is 0 Å². The van der Waals surface area contributed by atoms with E-state index in [4.69, 9.17) is 5.73 Å². The van der Waals surface area contributed by atoms with E-state index in [1.165, 1.54) is 12.8 Å². The molecule has 0 spiro atoms. The molecule has 0 aromatic carbocycles. The number of aromatic nitrogens is 3. The predicted molar refractivity (Wildman–Crippen MR) is 71.7 cm³/mol. The molecule has 2 heterocycles. The van der Waals surface area contributed by atoms with Crippen molar-refractivity contribution in [2.75, 3.05) is 26.7 Å². The first-order valence-electron chi connectivity index (χ1n) is 6.79. The number of hydrogen-bond donors (Lipinski definition) is 2. The van der Waals surface area contributed by atoms with Crippen LogP contribution in [0.25, 0.3) is 0 Å². The number of nitrogens with two attached hydrogens (primary N) is 1. The molecule has 0 aliphatic carbocycles. The maximum Gasteiger partial charge on any atom is 0.273 e. The Balaban J connectivity index is 1.82. The summed E-state index contributed by atoms with van der Waals surface area (Å²) in [5.74, 6) is -0.165. The van der Waals surface area contributed by atoms with Crippen LogP contribution in [0.5, 0.6) is 0 Å². The van der Waals surface area contributed by atoms with Crippen molar-refractivity contribution in [2.45, 2.75) is 31.8 Å². The van der Waals surface area contributed by atoms with Crippen LogP contribution < -0.4 is 11.1 Å². The van der Waals surface area contributed by atoms with Crippen LogP contribution in [0.3, 0.4) is 0 Å². The normalized spacial score (nSPS) is 20.4. The molecule has 1 aliphatic rings. The van der Waals surface area contributed by atoms with Gasteiger partial charge in [-0.05, 0) is 26.4 Å². The molecule has 1 aromatic heterocycles. The smallest absolute Gasteiger partial charge is 0.273 e. The highest BCUT2D eigenvalue weighted by Gasteiger charge is 2.20. The molecule has 1 atom stereocenters. The van der Waals surface area contributed by atoms with Crippen molar-refractivity contribution in [2.24, 2.45) is 5.73 Å². The van der Waals surface area contributed by atoms with Gasteiger partial charge in [-0.15, -0.1) is 5.10 Å². The predicted octanol–water partition coefficient (Wildman–Crippen LogP) is -0.549. The van der Waals surface area contributed by atoms with Crippen molar-refractivity contribution < 1.29 is 4.79 Å². The Hall–Kier alpha value is -1.47. The summed E-state index contributed by atoms with van der Waals surface area (Å²) in [6, 6.07) is 0.428. The van der Waals surface area contributed by atoms with E-state index >= 15 is 0 Å². The number of carbonyl (C=O) groups is 1. The summed E-state index contributed by atoms with van der Waals surface area (Å²) < 4.78 is 1.58. The standard InChI is InChI=1S/C12H22N6O/c1-17-6-3-2-4-10(17)8-14-12(19)11-9-18(7-5-13)16-15-11/h9-10H,2-8,13H2,1H3,(H,14,19). The average Bonchev–Trinajstić information content (AvgIpc) is 2.87. The van der Waals surface area contributed by atoms with E-state index in [1.807, 2.05) is 0 Å². The zero-order valence-electron chi connectivity index (χ0n) is 11.4. The summed E-state index contributed by atoms with van der Waals surface area (Å²) >= 11 is 0. The number of nitrogens with zero attached hydrogens (tertiary/aromatic N) is 4. The summed E-state index contributed by atoms with van der Waals surface area (Å²) in [5, 5.41) is 10.6. The van der Waals surface area contributed by atoms with Crippen LogP contribution in [0, 0.1) is 0 Å². The molecule has 1 aromatic rings. The molecule has 7 heteroatoms. The van der Waals surface area contributed by atoms with Gasteiger partial charge in [0, 0.05) is 19.1 Å². The van der Waals surface area contributed by atoms with E-state index in [0.29, 0.717) is 31.4 Å². The lowest BCUT2D eigenvalue weighted by molar-refractivity contribution is 0.0923. The second-order valence-electron chi connectivity index (χ2n) is 5.00. The van der Waals surface area contributed by atoms with Crippen LogP contribution >= 0.6 is 0 Å². The molecular formula is C12H22N6O. The van der Waals surface area contributed by atoms with E-state index in [2.05, 4.69) is 27.6 Å². The number of likely N-dealkylation sites (N-methyl/N-ethyl adjacent to an activating group) is 1. The minimum Gasteiger partial charge on any atom is -0.349 e. The monoisotopic (exact) mass is 266 g/mol. The lowest BCUT2D eigenvalue weighted by Gasteiger charge is -2.32. The number of piperidine rings is 1. The summed E-state index contributed by atoms with van der Waals surface area (Å²) in [6.45, 7) is 2.83. The van der Waals surface area contributed by atoms with Gasteiger partial charge in [-0.3, -0.25) is 9.48 Å². The third-order valence-corrected chi connectivity index (χ3v) is 3.55. The Morgan fingerprint density at radius 2 is 2.42 bits per heavy atom. The van der Waals surface area contributed by atoms with Gasteiger partial charge in [-0.25, -0.2) is 0 Å². The van der Waals surface area contributed by atoms with Gasteiger partial charge in [-0.2, -0.15) is 0 Å². The van der Waals surface area contributed by atoms with Crippen LogP contribution in [0.2, 0.25) is 0 Å². The number of carbonyl (C=O) groups excluding carboxylic acids is 1. The third-order valence-electron chi connectivity index (χ3n) is 3.55. The van der Waals surface area contributed by atoms with Crippen molar-refractivity contribution in [3.05, 3.63) is 11.9 Å². The Bertz CT molecular complexity index is 418. The van der Waals surface area contributed by atoms with Crippen molar-refractivity contribution in [1.82, 2.24) is 25.2 Å². The quantitative estimate of drug-likeness (QED) is 0.746. The fraction of sp³-hybridized carbons (Fsp3) is 0.750. The molecule has 0 radical (unpaired) electrons. The van der Waals surface area contributed by atoms with E-state index in [0.717, 1.165) is 13.0 Å². The van der Waals surface area contributed by atoms with E-state index in [1.54, 1.807) is 10.9 Å². The molecule has 3 N–H and O–H groups in total. The zero-order valence-corrected chi connectivity index (χ0v) is 11.4. The summed E-state index contributed by atoms with van der Waals surface area (Å²) in [6.07, 6.45) is 5.25. The number of nitrogens with one attached hydrogen (secondary N) is 1. The largest absolute Gasteiger partial charge is 0.349 e. The van der Waals surface area contributed by atoms with E-state index in [-0.39, 0.29) is 5.91 Å². The third kappa shape index (κ3) is 3.74. The number of amides is 1. The molecule has 0 bridgehead atoms. The second kappa shape index (κ2) is 6.63. The van der Waals surface area contributed by atoms with Crippen LogP contribution in [0.1, 0.15) is 29.8 Å². The van der Waals surface area contributed by atoms with Crippen LogP contribution in [-0.4, -0.2) is 58.5 Å². The minimum atomic E-state index is -0.165. The van der Waals surface area contributed by atoms with Gasteiger partial charge in [-0.1, -0.05) is 11.6 Å². The second-order valence-corrected chi connectivity index (χ2v) is 5.00. The highest BCUT2D eigenvalue weighted by Crippen LogP contribution is 2.14. The Labute approximate surface area is 113 Å². The zero-order chi connectivity index (χ0) is 13.7. The molecule has 1 aliphatic heterocycles. The number of hydrogen-bond acceptors (Lipinski definition) is 5. The average molecular weight is 266 g/mol. The van der Waals surface area contributed by atoms with Gasteiger partial charge < -0.3 is 16.0 Å². The minimum absolute atomic E-state index is 0.165.